The number of rotatable bonds is 6. The molecule has 30 heavy (non-hydrogen) atoms. The molecule has 6 nitrogen and oxygen atoms in total. The van der Waals surface area contributed by atoms with Gasteiger partial charge in [-0.25, -0.2) is 19.2 Å². The van der Waals surface area contributed by atoms with Crippen LogP contribution in [0.1, 0.15) is 27.3 Å². The lowest BCUT2D eigenvalue weighted by atomic mass is 10.2. The van der Waals surface area contributed by atoms with E-state index in [1.54, 1.807) is 18.5 Å². The van der Waals surface area contributed by atoms with Crippen molar-refractivity contribution in [2.24, 2.45) is 0 Å². The molecule has 0 saturated carbocycles. The number of hydrogen-bond acceptors (Lipinski definition) is 4. The molecule has 0 bridgehead atoms. The Morgan fingerprint density at radius 2 is 1.87 bits per heavy atom. The Bertz CT molecular complexity index is 1070. The third-order valence-corrected chi connectivity index (χ3v) is 4.05. The highest BCUT2D eigenvalue weighted by molar-refractivity contribution is 5.94. The molecule has 0 unspecified atom stereocenters. The Hall–Kier alpha value is -3.21. The zero-order valence-corrected chi connectivity index (χ0v) is 15.8. The summed E-state index contributed by atoms with van der Waals surface area (Å²) in [5, 5.41) is 0. The number of pyridine rings is 1. The highest BCUT2D eigenvalue weighted by Crippen LogP contribution is 2.26. The Kier molecular flexibility index (Phi) is 5.92. The van der Waals surface area contributed by atoms with Gasteiger partial charge in [0.1, 0.15) is 23.9 Å². The molecule has 11 heteroatoms. The van der Waals surface area contributed by atoms with Gasteiger partial charge in [0.15, 0.2) is 18.0 Å². The van der Waals surface area contributed by atoms with Crippen molar-refractivity contribution < 1.29 is 36.3 Å². The fourth-order valence-electron chi connectivity index (χ4n) is 2.79. The van der Waals surface area contributed by atoms with Gasteiger partial charge in [-0.1, -0.05) is 6.07 Å². The Morgan fingerprint density at radius 1 is 1.20 bits per heavy atom. The van der Waals surface area contributed by atoms with E-state index in [1.807, 2.05) is 0 Å². The molecular weight excluding hydrogens is 413 g/mol. The molecule has 0 aliphatic carbocycles. The standard InChI is InChI=1S/C19H16F5N3O3/c1-10-6-15(29-8-12-13(20)4-3-5-14(12)21)17-25-11(2)16(27(17)7-10)18(28)26-30-9-19(22,23)24/h3-7H,8-9H2,1-2H3,(H,26,28). The summed E-state index contributed by atoms with van der Waals surface area (Å²) in [6.45, 7) is 1.06. The number of benzene rings is 1. The smallest absolute Gasteiger partial charge is 0.414 e. The molecule has 0 saturated heterocycles. The number of imidazole rings is 1. The van der Waals surface area contributed by atoms with Crippen molar-refractivity contribution in [2.45, 2.75) is 26.6 Å². The number of amides is 1. The highest BCUT2D eigenvalue weighted by Gasteiger charge is 2.29. The van der Waals surface area contributed by atoms with Crippen LogP contribution in [0.15, 0.2) is 30.5 Å². The number of halogens is 5. The number of carbonyl (C=O) groups is 1. The van der Waals surface area contributed by atoms with Gasteiger partial charge in [0.25, 0.3) is 5.91 Å². The minimum Gasteiger partial charge on any atom is -0.485 e. The van der Waals surface area contributed by atoms with Gasteiger partial charge in [-0.05, 0) is 37.6 Å². The van der Waals surface area contributed by atoms with Crippen molar-refractivity contribution in [1.82, 2.24) is 14.9 Å². The first-order valence-corrected chi connectivity index (χ1v) is 8.60. The van der Waals surface area contributed by atoms with Crippen molar-refractivity contribution in [3.05, 3.63) is 64.6 Å². The molecule has 3 rings (SSSR count). The number of nitrogens with zero attached hydrogens (tertiary/aromatic N) is 2. The number of ether oxygens (including phenoxy) is 1. The predicted octanol–water partition coefficient (Wildman–Crippen LogP) is 4.03. The maximum Gasteiger partial charge on any atom is 0.414 e. The first kappa shape index (κ1) is 21.5. The topological polar surface area (TPSA) is 64.9 Å². The monoisotopic (exact) mass is 429 g/mol. The second-order valence-electron chi connectivity index (χ2n) is 6.45. The zero-order chi connectivity index (χ0) is 22.1. The van der Waals surface area contributed by atoms with Gasteiger partial charge < -0.3 is 4.74 Å². The van der Waals surface area contributed by atoms with Crippen molar-refractivity contribution in [2.75, 3.05) is 6.61 Å². The van der Waals surface area contributed by atoms with Gasteiger partial charge in [0.2, 0.25) is 0 Å². The average Bonchev–Trinajstić information content (AvgIpc) is 2.95. The minimum atomic E-state index is -4.61. The van der Waals surface area contributed by atoms with E-state index in [2.05, 4.69) is 9.82 Å². The van der Waals surface area contributed by atoms with Crippen LogP contribution < -0.4 is 10.2 Å². The van der Waals surface area contributed by atoms with Crippen LogP contribution in [0.25, 0.3) is 5.65 Å². The number of alkyl halides is 3. The second kappa shape index (κ2) is 8.27. The first-order valence-electron chi connectivity index (χ1n) is 8.60. The van der Waals surface area contributed by atoms with Crippen LogP contribution in [-0.2, 0) is 11.4 Å². The molecule has 0 fully saturated rings. The summed E-state index contributed by atoms with van der Waals surface area (Å²) < 4.78 is 71.1. The third kappa shape index (κ3) is 4.67. The van der Waals surface area contributed by atoms with Crippen LogP contribution in [0.5, 0.6) is 5.75 Å². The van der Waals surface area contributed by atoms with Gasteiger partial charge >= 0.3 is 6.18 Å². The molecule has 0 aliphatic heterocycles. The summed E-state index contributed by atoms with van der Waals surface area (Å²) in [5.41, 5.74) is 2.32. The maximum atomic E-state index is 13.8. The van der Waals surface area contributed by atoms with Crippen molar-refractivity contribution in [3.63, 3.8) is 0 Å². The lowest BCUT2D eigenvalue weighted by molar-refractivity contribution is -0.184. The van der Waals surface area contributed by atoms with Crippen LogP contribution in [-0.4, -0.2) is 28.1 Å². The van der Waals surface area contributed by atoms with E-state index < -0.39 is 36.9 Å². The van der Waals surface area contributed by atoms with Crippen LogP contribution in [0.3, 0.4) is 0 Å². The fraction of sp³-hybridized carbons (Fsp3) is 0.263. The largest absolute Gasteiger partial charge is 0.485 e. The molecular formula is C19H16F5N3O3. The number of nitrogens with one attached hydrogen (secondary N) is 1. The lowest BCUT2D eigenvalue weighted by Gasteiger charge is -2.11. The Labute approximate surface area is 167 Å². The number of aromatic nitrogens is 2. The SMILES string of the molecule is Cc1cc(OCc2c(F)cccc2F)c2nc(C)c(C(=O)NOCC(F)(F)F)n2c1. The van der Waals surface area contributed by atoms with E-state index in [4.69, 9.17) is 4.74 Å². The summed E-state index contributed by atoms with van der Waals surface area (Å²) >= 11 is 0. The summed E-state index contributed by atoms with van der Waals surface area (Å²) in [4.78, 5) is 20.7. The van der Waals surface area contributed by atoms with Gasteiger partial charge in [-0.15, -0.1) is 0 Å². The van der Waals surface area contributed by atoms with Crippen molar-refractivity contribution in [1.29, 1.82) is 0 Å². The second-order valence-corrected chi connectivity index (χ2v) is 6.45. The van der Waals surface area contributed by atoms with Crippen LogP contribution in [0.2, 0.25) is 0 Å². The van der Waals surface area contributed by atoms with Gasteiger partial charge in [0.05, 0.1) is 11.3 Å². The predicted molar refractivity (Wildman–Crippen MR) is 94.8 cm³/mol. The Balaban J connectivity index is 1.89. The van der Waals surface area contributed by atoms with E-state index in [1.165, 1.54) is 23.6 Å². The van der Waals surface area contributed by atoms with E-state index in [9.17, 15) is 26.7 Å². The van der Waals surface area contributed by atoms with Crippen LogP contribution in [0, 0.1) is 25.5 Å². The van der Waals surface area contributed by atoms with Gasteiger partial charge in [-0.2, -0.15) is 13.2 Å². The molecule has 2 heterocycles. The molecule has 2 aromatic heterocycles. The van der Waals surface area contributed by atoms with E-state index in [0.717, 1.165) is 12.1 Å². The van der Waals surface area contributed by atoms with E-state index >= 15 is 0 Å². The number of aryl methyl sites for hydroxylation is 2. The molecule has 1 amide bonds. The van der Waals surface area contributed by atoms with Crippen molar-refractivity contribution >= 4 is 11.6 Å². The quantitative estimate of drug-likeness (QED) is 0.475. The number of carbonyl (C=O) groups excluding carboxylic acids is 1. The summed E-state index contributed by atoms with van der Waals surface area (Å²) in [6, 6.07) is 4.97. The first-order chi connectivity index (χ1) is 14.1. The summed E-state index contributed by atoms with van der Waals surface area (Å²) in [7, 11) is 0. The number of hydrogen-bond donors (Lipinski definition) is 1. The summed E-state index contributed by atoms with van der Waals surface area (Å²) in [5.74, 6) is -2.36. The number of fused-ring (bicyclic) bond motifs is 1. The maximum absolute atomic E-state index is 13.8. The van der Waals surface area contributed by atoms with Crippen LogP contribution in [0.4, 0.5) is 22.0 Å². The highest BCUT2D eigenvalue weighted by atomic mass is 19.4. The van der Waals surface area contributed by atoms with Gasteiger partial charge in [-0.3, -0.25) is 14.0 Å². The summed E-state index contributed by atoms with van der Waals surface area (Å²) in [6.07, 6.45) is -3.09. The minimum absolute atomic E-state index is 0.0715. The van der Waals surface area contributed by atoms with E-state index in [0.29, 0.717) is 5.56 Å². The normalized spacial score (nSPS) is 11.7. The van der Waals surface area contributed by atoms with Gasteiger partial charge in [0, 0.05) is 6.20 Å². The molecule has 0 aliphatic rings. The molecule has 0 spiro atoms. The number of hydroxylamine groups is 1. The Morgan fingerprint density at radius 3 is 2.50 bits per heavy atom. The molecule has 160 valence electrons. The fourth-order valence-corrected chi connectivity index (χ4v) is 2.79. The lowest BCUT2D eigenvalue weighted by Crippen LogP contribution is -2.30. The molecule has 0 atom stereocenters. The molecule has 1 N–H and O–H groups in total. The molecule has 3 aromatic rings. The molecule has 0 radical (unpaired) electrons. The average molecular weight is 429 g/mol. The van der Waals surface area contributed by atoms with Crippen LogP contribution >= 0.6 is 0 Å². The molecule has 1 aromatic carbocycles. The zero-order valence-electron chi connectivity index (χ0n) is 15.8. The van der Waals surface area contributed by atoms with Crippen molar-refractivity contribution in [3.8, 4) is 5.75 Å². The third-order valence-electron chi connectivity index (χ3n) is 4.05. The van der Waals surface area contributed by atoms with E-state index in [-0.39, 0.29) is 28.3 Å².